The van der Waals surface area contributed by atoms with Crippen LogP contribution in [0.5, 0.6) is 0 Å². The maximum atomic E-state index is 12.7. The molecule has 0 fully saturated rings. The van der Waals surface area contributed by atoms with Crippen LogP contribution < -0.4 is 10.9 Å². The van der Waals surface area contributed by atoms with E-state index in [1.54, 1.807) is 24.3 Å². The van der Waals surface area contributed by atoms with Gasteiger partial charge in [-0.05, 0) is 19.1 Å². The van der Waals surface area contributed by atoms with Crippen LogP contribution in [-0.4, -0.2) is 41.2 Å². The minimum Gasteiger partial charge on any atom is -0.325 e. The third-order valence-corrected chi connectivity index (χ3v) is 4.24. The molecule has 10 heteroatoms. The second-order valence-corrected chi connectivity index (χ2v) is 6.38. The van der Waals surface area contributed by atoms with E-state index in [0.717, 1.165) is 4.57 Å². The van der Waals surface area contributed by atoms with E-state index >= 15 is 0 Å². The van der Waals surface area contributed by atoms with Crippen molar-refractivity contribution in [2.45, 2.75) is 13.5 Å². The zero-order chi connectivity index (χ0) is 21.1. The molecule has 0 aliphatic rings. The van der Waals surface area contributed by atoms with E-state index in [9.17, 15) is 14.4 Å². The lowest BCUT2D eigenvalue weighted by atomic mass is 10.1. The Morgan fingerprint density at radius 3 is 2.73 bits per heavy atom. The normalized spacial score (nSPS) is 10.7. The van der Waals surface area contributed by atoms with Crippen LogP contribution in [0.2, 0.25) is 0 Å². The Morgan fingerprint density at radius 1 is 1.10 bits per heavy atom. The molecule has 4 rings (SSSR count). The molecule has 10 nitrogen and oxygen atoms in total. The Bertz CT molecular complexity index is 1320. The summed E-state index contributed by atoms with van der Waals surface area (Å²) in [6.45, 7) is 1.19. The van der Waals surface area contributed by atoms with Gasteiger partial charge in [0, 0.05) is 29.8 Å². The molecule has 0 atom stereocenters. The van der Waals surface area contributed by atoms with Crippen LogP contribution in [0.4, 0.5) is 5.69 Å². The minimum absolute atomic E-state index is 0.109. The predicted molar refractivity (Wildman–Crippen MR) is 108 cm³/mol. The minimum atomic E-state index is -0.446. The number of hydrogen-bond acceptors (Lipinski definition) is 8. The topological polar surface area (TPSA) is 133 Å². The number of carbonyl (C=O) groups excluding carboxylic acids is 2. The smallest absolute Gasteiger partial charge is 0.264 e. The lowest BCUT2D eigenvalue weighted by molar-refractivity contribution is -0.116. The second kappa shape index (κ2) is 7.95. The maximum Gasteiger partial charge on any atom is 0.264 e. The molecule has 3 aromatic heterocycles. The van der Waals surface area contributed by atoms with Crippen molar-refractivity contribution in [1.29, 1.82) is 0 Å². The first kappa shape index (κ1) is 19.0. The number of ketones is 1. The van der Waals surface area contributed by atoms with Gasteiger partial charge in [0.1, 0.15) is 24.0 Å². The quantitative estimate of drug-likeness (QED) is 0.497. The highest BCUT2D eigenvalue weighted by molar-refractivity contribution is 5.97. The van der Waals surface area contributed by atoms with E-state index in [1.807, 2.05) is 0 Å². The number of fused-ring (bicyclic) bond motifs is 1. The second-order valence-electron chi connectivity index (χ2n) is 6.38. The van der Waals surface area contributed by atoms with E-state index in [0.29, 0.717) is 22.8 Å². The standard InChI is InChI=1S/C20H15N7O3/c1-12(28)13-3-2-4-14(7-13)25-17(29)10-27-11-24-18-15(20(27)30)8-23-19(26-18)16-9-21-5-6-22-16/h2-9,11H,10H2,1H3,(H,25,29). The Balaban J connectivity index is 1.57. The monoisotopic (exact) mass is 401 g/mol. The van der Waals surface area contributed by atoms with E-state index in [2.05, 4.69) is 30.2 Å². The molecule has 0 spiro atoms. The Labute approximate surface area is 169 Å². The van der Waals surface area contributed by atoms with Crippen molar-refractivity contribution in [3.05, 3.63) is 71.3 Å². The highest BCUT2D eigenvalue weighted by atomic mass is 16.2. The summed E-state index contributed by atoms with van der Waals surface area (Å²) in [6, 6.07) is 6.56. The van der Waals surface area contributed by atoms with Crippen molar-refractivity contribution in [3.8, 4) is 11.5 Å². The van der Waals surface area contributed by atoms with E-state index in [1.165, 1.54) is 38.0 Å². The number of benzene rings is 1. The molecule has 0 unspecified atom stereocenters. The number of nitrogens with one attached hydrogen (secondary N) is 1. The summed E-state index contributed by atoms with van der Waals surface area (Å²) in [4.78, 5) is 57.2. The molecule has 3 heterocycles. The van der Waals surface area contributed by atoms with Crippen molar-refractivity contribution in [2.75, 3.05) is 5.32 Å². The van der Waals surface area contributed by atoms with Gasteiger partial charge < -0.3 is 5.32 Å². The van der Waals surface area contributed by atoms with Crippen LogP contribution >= 0.6 is 0 Å². The molecule has 1 aromatic carbocycles. The molecular formula is C20H15N7O3. The molecular weight excluding hydrogens is 386 g/mol. The van der Waals surface area contributed by atoms with E-state index in [4.69, 9.17) is 0 Å². The van der Waals surface area contributed by atoms with Crippen LogP contribution in [0.1, 0.15) is 17.3 Å². The Hall–Kier alpha value is -4.34. The molecule has 148 valence electrons. The zero-order valence-electron chi connectivity index (χ0n) is 15.8. The molecule has 0 saturated carbocycles. The number of hydrogen-bond donors (Lipinski definition) is 1. The van der Waals surface area contributed by atoms with E-state index in [-0.39, 0.29) is 23.4 Å². The van der Waals surface area contributed by atoms with Crippen LogP contribution in [0.3, 0.4) is 0 Å². The first-order valence-electron chi connectivity index (χ1n) is 8.91. The molecule has 0 saturated heterocycles. The van der Waals surface area contributed by atoms with E-state index < -0.39 is 11.5 Å². The van der Waals surface area contributed by atoms with Crippen molar-refractivity contribution >= 4 is 28.4 Å². The first-order chi connectivity index (χ1) is 14.5. The van der Waals surface area contributed by atoms with Crippen LogP contribution in [0.15, 0.2) is 60.2 Å². The first-order valence-corrected chi connectivity index (χ1v) is 8.91. The molecule has 4 aromatic rings. The summed E-state index contributed by atoms with van der Waals surface area (Å²) < 4.78 is 1.16. The summed E-state index contributed by atoms with van der Waals surface area (Å²) in [5.41, 5.74) is 1.15. The maximum absolute atomic E-state index is 12.7. The number of anilines is 1. The van der Waals surface area contributed by atoms with Crippen molar-refractivity contribution in [3.63, 3.8) is 0 Å². The third kappa shape index (κ3) is 3.92. The Kier molecular flexibility index (Phi) is 5.04. The zero-order valence-corrected chi connectivity index (χ0v) is 15.8. The van der Waals surface area contributed by atoms with Crippen molar-refractivity contribution in [2.24, 2.45) is 0 Å². The average molecular weight is 401 g/mol. The number of amides is 1. The van der Waals surface area contributed by atoms with Crippen molar-refractivity contribution < 1.29 is 9.59 Å². The van der Waals surface area contributed by atoms with Crippen LogP contribution in [0, 0.1) is 0 Å². The molecule has 0 radical (unpaired) electrons. The number of aromatic nitrogens is 6. The van der Waals surface area contributed by atoms with Crippen LogP contribution in [-0.2, 0) is 11.3 Å². The Morgan fingerprint density at radius 2 is 1.97 bits per heavy atom. The van der Waals surface area contributed by atoms with Gasteiger partial charge in [-0.25, -0.2) is 19.9 Å². The largest absolute Gasteiger partial charge is 0.325 e. The molecule has 1 N–H and O–H groups in total. The number of carbonyl (C=O) groups is 2. The van der Waals surface area contributed by atoms with Gasteiger partial charge in [0.2, 0.25) is 5.91 Å². The van der Waals surface area contributed by atoms with Gasteiger partial charge >= 0.3 is 0 Å². The van der Waals surface area contributed by atoms with Gasteiger partial charge in [-0.15, -0.1) is 0 Å². The summed E-state index contributed by atoms with van der Waals surface area (Å²) in [7, 11) is 0. The van der Waals surface area contributed by atoms with Gasteiger partial charge in [-0.2, -0.15) is 0 Å². The SMILES string of the molecule is CC(=O)c1cccc(NC(=O)Cn2cnc3nc(-c4cnccn4)ncc3c2=O)c1. The summed E-state index contributed by atoms with van der Waals surface area (Å²) in [5, 5.41) is 2.84. The lowest BCUT2D eigenvalue weighted by Gasteiger charge is -2.09. The molecule has 1 amide bonds. The highest BCUT2D eigenvalue weighted by Crippen LogP contribution is 2.13. The molecule has 0 aliphatic heterocycles. The molecule has 0 aliphatic carbocycles. The van der Waals surface area contributed by atoms with Gasteiger partial charge in [-0.1, -0.05) is 12.1 Å². The summed E-state index contributed by atoms with van der Waals surface area (Å²) >= 11 is 0. The fourth-order valence-corrected chi connectivity index (χ4v) is 2.78. The number of rotatable bonds is 5. The molecule has 30 heavy (non-hydrogen) atoms. The number of nitrogens with zero attached hydrogens (tertiary/aromatic N) is 6. The van der Waals surface area contributed by atoms with Gasteiger partial charge in [-0.3, -0.25) is 23.9 Å². The van der Waals surface area contributed by atoms with Gasteiger partial charge in [0.05, 0.1) is 6.20 Å². The molecule has 0 bridgehead atoms. The van der Waals surface area contributed by atoms with Crippen molar-refractivity contribution in [1.82, 2.24) is 29.5 Å². The average Bonchev–Trinajstić information content (AvgIpc) is 2.76. The highest BCUT2D eigenvalue weighted by Gasteiger charge is 2.12. The predicted octanol–water partition coefficient (Wildman–Crippen LogP) is 1.48. The lowest BCUT2D eigenvalue weighted by Crippen LogP contribution is -2.28. The number of Topliss-reactive ketones (excluding diaryl/α,β-unsaturated/α-hetero) is 1. The van der Waals surface area contributed by atoms with Crippen LogP contribution in [0.25, 0.3) is 22.6 Å². The summed E-state index contributed by atoms with van der Waals surface area (Å²) in [6.07, 6.45) is 7.16. The fourth-order valence-electron chi connectivity index (χ4n) is 2.78. The fraction of sp³-hybridized carbons (Fsp3) is 0.100. The summed E-state index contributed by atoms with van der Waals surface area (Å²) in [5.74, 6) is -0.249. The van der Waals surface area contributed by atoms with Gasteiger partial charge in [0.25, 0.3) is 5.56 Å². The third-order valence-electron chi connectivity index (χ3n) is 4.24. The van der Waals surface area contributed by atoms with Gasteiger partial charge in [0.15, 0.2) is 17.3 Å².